The first kappa shape index (κ1) is 14.0. The van der Waals surface area contributed by atoms with Crippen LogP contribution in [-0.4, -0.2) is 36.1 Å². The standard InChI is InChI=1S/C12H22N2O3/c1-3-9(7-15)14-11(16)4-5-13-12(17)10-6-8(10)2/h8-10,15H,3-7H2,1-2H3,(H,13,17)(H,14,16). The fourth-order valence-electron chi connectivity index (χ4n) is 1.69. The largest absolute Gasteiger partial charge is 0.394 e. The zero-order chi connectivity index (χ0) is 12.8. The molecule has 0 aliphatic heterocycles. The summed E-state index contributed by atoms with van der Waals surface area (Å²) in [6.07, 6.45) is 1.93. The molecule has 5 heteroatoms. The van der Waals surface area contributed by atoms with E-state index < -0.39 is 0 Å². The van der Waals surface area contributed by atoms with E-state index in [0.29, 0.717) is 18.9 Å². The first-order valence-electron chi connectivity index (χ1n) is 6.26. The van der Waals surface area contributed by atoms with Crippen LogP contribution >= 0.6 is 0 Å². The molecule has 0 aromatic heterocycles. The van der Waals surface area contributed by atoms with Gasteiger partial charge in [0.1, 0.15) is 0 Å². The highest BCUT2D eigenvalue weighted by atomic mass is 16.3. The lowest BCUT2D eigenvalue weighted by molar-refractivity contribution is -0.123. The van der Waals surface area contributed by atoms with Gasteiger partial charge in [0.05, 0.1) is 12.6 Å². The van der Waals surface area contributed by atoms with Gasteiger partial charge in [-0.1, -0.05) is 13.8 Å². The molecule has 1 saturated carbocycles. The van der Waals surface area contributed by atoms with Gasteiger partial charge < -0.3 is 15.7 Å². The molecule has 2 amide bonds. The van der Waals surface area contributed by atoms with Crippen molar-refractivity contribution in [3.63, 3.8) is 0 Å². The Bertz CT molecular complexity index is 277. The number of nitrogens with one attached hydrogen (secondary N) is 2. The smallest absolute Gasteiger partial charge is 0.223 e. The van der Waals surface area contributed by atoms with Crippen molar-refractivity contribution in [1.82, 2.24) is 10.6 Å². The maximum absolute atomic E-state index is 11.4. The van der Waals surface area contributed by atoms with Crippen molar-refractivity contribution in [2.75, 3.05) is 13.2 Å². The van der Waals surface area contributed by atoms with Gasteiger partial charge in [-0.05, 0) is 18.8 Å². The van der Waals surface area contributed by atoms with Crippen LogP contribution in [0.1, 0.15) is 33.1 Å². The zero-order valence-electron chi connectivity index (χ0n) is 10.5. The minimum Gasteiger partial charge on any atom is -0.394 e. The summed E-state index contributed by atoms with van der Waals surface area (Å²) in [5.74, 6) is 0.566. The molecular weight excluding hydrogens is 220 g/mol. The molecule has 5 nitrogen and oxygen atoms in total. The Morgan fingerprint density at radius 3 is 2.59 bits per heavy atom. The van der Waals surface area contributed by atoms with Gasteiger partial charge in [-0.25, -0.2) is 0 Å². The molecule has 1 aliphatic carbocycles. The van der Waals surface area contributed by atoms with Crippen molar-refractivity contribution in [2.45, 2.75) is 39.2 Å². The van der Waals surface area contributed by atoms with E-state index in [1.807, 2.05) is 13.8 Å². The molecule has 3 atom stereocenters. The van der Waals surface area contributed by atoms with Crippen molar-refractivity contribution >= 4 is 11.8 Å². The molecule has 17 heavy (non-hydrogen) atoms. The summed E-state index contributed by atoms with van der Waals surface area (Å²) in [6.45, 7) is 4.27. The van der Waals surface area contributed by atoms with Crippen LogP contribution < -0.4 is 10.6 Å². The molecule has 0 aromatic rings. The maximum Gasteiger partial charge on any atom is 0.223 e. The van der Waals surface area contributed by atoms with Crippen molar-refractivity contribution in [3.05, 3.63) is 0 Å². The van der Waals surface area contributed by atoms with E-state index in [2.05, 4.69) is 10.6 Å². The van der Waals surface area contributed by atoms with E-state index in [0.717, 1.165) is 6.42 Å². The Hall–Kier alpha value is -1.10. The van der Waals surface area contributed by atoms with E-state index in [1.165, 1.54) is 0 Å². The highest BCUT2D eigenvalue weighted by molar-refractivity contribution is 5.82. The van der Waals surface area contributed by atoms with Crippen molar-refractivity contribution < 1.29 is 14.7 Å². The topological polar surface area (TPSA) is 78.4 Å². The molecule has 98 valence electrons. The lowest BCUT2D eigenvalue weighted by atomic mass is 10.2. The van der Waals surface area contributed by atoms with Gasteiger partial charge >= 0.3 is 0 Å². The number of amides is 2. The summed E-state index contributed by atoms with van der Waals surface area (Å²) < 4.78 is 0. The van der Waals surface area contributed by atoms with Crippen LogP contribution in [0.5, 0.6) is 0 Å². The Labute approximate surface area is 102 Å². The molecule has 0 heterocycles. The monoisotopic (exact) mass is 242 g/mol. The number of hydrogen-bond acceptors (Lipinski definition) is 3. The molecule has 3 unspecified atom stereocenters. The lowest BCUT2D eigenvalue weighted by Crippen LogP contribution is -2.39. The van der Waals surface area contributed by atoms with Crippen LogP contribution in [0.15, 0.2) is 0 Å². The quantitative estimate of drug-likeness (QED) is 0.589. The van der Waals surface area contributed by atoms with Gasteiger partial charge in [0, 0.05) is 18.9 Å². The predicted molar refractivity (Wildman–Crippen MR) is 64.2 cm³/mol. The Morgan fingerprint density at radius 2 is 2.12 bits per heavy atom. The van der Waals surface area contributed by atoms with Crippen LogP contribution in [0.2, 0.25) is 0 Å². The third-order valence-corrected chi connectivity index (χ3v) is 3.18. The van der Waals surface area contributed by atoms with E-state index in [9.17, 15) is 9.59 Å². The second-order valence-corrected chi connectivity index (χ2v) is 4.72. The first-order valence-corrected chi connectivity index (χ1v) is 6.26. The SMILES string of the molecule is CCC(CO)NC(=O)CCNC(=O)C1CC1C. The molecule has 0 saturated heterocycles. The number of carbonyl (C=O) groups is 2. The molecule has 1 rings (SSSR count). The number of hydrogen-bond donors (Lipinski definition) is 3. The molecule has 0 bridgehead atoms. The van der Waals surface area contributed by atoms with Crippen molar-refractivity contribution in [1.29, 1.82) is 0 Å². The van der Waals surface area contributed by atoms with Crippen molar-refractivity contribution in [2.24, 2.45) is 11.8 Å². The molecule has 1 aliphatic rings. The summed E-state index contributed by atoms with van der Waals surface area (Å²) in [4.78, 5) is 22.9. The number of rotatable bonds is 7. The molecular formula is C12H22N2O3. The van der Waals surface area contributed by atoms with Crippen molar-refractivity contribution in [3.8, 4) is 0 Å². The maximum atomic E-state index is 11.4. The summed E-state index contributed by atoms with van der Waals surface area (Å²) in [5, 5.41) is 14.4. The normalized spacial score (nSPS) is 23.9. The summed E-state index contributed by atoms with van der Waals surface area (Å²) >= 11 is 0. The number of aliphatic hydroxyl groups is 1. The minimum atomic E-state index is -0.179. The third kappa shape index (κ3) is 4.73. The van der Waals surface area contributed by atoms with Crippen LogP contribution in [0.25, 0.3) is 0 Å². The fourth-order valence-corrected chi connectivity index (χ4v) is 1.69. The van der Waals surface area contributed by atoms with Gasteiger partial charge in [0.2, 0.25) is 11.8 Å². The van der Waals surface area contributed by atoms with E-state index in [1.54, 1.807) is 0 Å². The molecule has 3 N–H and O–H groups in total. The predicted octanol–water partition coefficient (Wildman–Crippen LogP) is 0.0358. The highest BCUT2D eigenvalue weighted by Crippen LogP contribution is 2.37. The van der Waals surface area contributed by atoms with Crippen LogP contribution in [-0.2, 0) is 9.59 Å². The highest BCUT2D eigenvalue weighted by Gasteiger charge is 2.38. The van der Waals surface area contributed by atoms with Gasteiger partial charge in [-0.15, -0.1) is 0 Å². The number of carbonyl (C=O) groups excluding carboxylic acids is 2. The average molecular weight is 242 g/mol. The molecule has 0 aromatic carbocycles. The van der Waals surface area contributed by atoms with E-state index >= 15 is 0 Å². The van der Waals surface area contributed by atoms with Crippen LogP contribution in [0, 0.1) is 11.8 Å². The van der Waals surface area contributed by atoms with Crippen LogP contribution in [0.4, 0.5) is 0 Å². The lowest BCUT2D eigenvalue weighted by Gasteiger charge is -2.13. The van der Waals surface area contributed by atoms with Gasteiger partial charge in [-0.3, -0.25) is 9.59 Å². The Balaban J connectivity index is 2.09. The Kier molecular flexibility index (Phi) is 5.41. The number of aliphatic hydroxyl groups excluding tert-OH is 1. The van der Waals surface area contributed by atoms with Gasteiger partial charge in [-0.2, -0.15) is 0 Å². The summed E-state index contributed by atoms with van der Waals surface area (Å²) in [7, 11) is 0. The fraction of sp³-hybridized carbons (Fsp3) is 0.833. The van der Waals surface area contributed by atoms with Gasteiger partial charge in [0.25, 0.3) is 0 Å². The average Bonchev–Trinajstić information content (AvgIpc) is 3.03. The summed E-state index contributed by atoms with van der Waals surface area (Å²) in [5.41, 5.74) is 0. The van der Waals surface area contributed by atoms with E-state index in [4.69, 9.17) is 5.11 Å². The molecule has 0 spiro atoms. The van der Waals surface area contributed by atoms with Gasteiger partial charge in [0.15, 0.2) is 0 Å². The first-order chi connectivity index (χ1) is 8.08. The van der Waals surface area contributed by atoms with Crippen LogP contribution in [0.3, 0.4) is 0 Å². The third-order valence-electron chi connectivity index (χ3n) is 3.18. The minimum absolute atomic E-state index is 0.0474. The second-order valence-electron chi connectivity index (χ2n) is 4.72. The zero-order valence-corrected chi connectivity index (χ0v) is 10.5. The molecule has 1 fully saturated rings. The Morgan fingerprint density at radius 1 is 1.47 bits per heavy atom. The molecule has 0 radical (unpaired) electrons. The van der Waals surface area contributed by atoms with E-state index in [-0.39, 0.29) is 36.8 Å². The second kappa shape index (κ2) is 6.59. The summed E-state index contributed by atoms with van der Waals surface area (Å²) in [6, 6.07) is -0.179.